The van der Waals surface area contributed by atoms with Crippen LogP contribution in [0, 0.1) is 10.6 Å². The molecule has 0 radical (unpaired) electrons. The number of pyridine rings is 1. The van der Waals surface area contributed by atoms with Gasteiger partial charge in [0.15, 0.2) is 10.4 Å². The molecule has 3 nitrogen and oxygen atoms in total. The lowest BCUT2D eigenvalue weighted by Gasteiger charge is -2.03. The average molecular weight is 280 g/mol. The average Bonchev–Trinajstić information content (AvgIpc) is 2.64. The van der Waals surface area contributed by atoms with Crippen LogP contribution in [0.3, 0.4) is 0 Å². The van der Waals surface area contributed by atoms with E-state index in [1.54, 1.807) is 22.8 Å². The van der Waals surface area contributed by atoms with Crippen LogP contribution in [-0.2, 0) is 0 Å². The number of aromatic amines is 1. The lowest BCUT2D eigenvalue weighted by molar-refractivity contribution is 0.626. The van der Waals surface area contributed by atoms with Crippen molar-refractivity contribution in [2.45, 2.75) is 0 Å². The minimum absolute atomic E-state index is 0.322. The Bertz CT molecular complexity index is 793. The maximum absolute atomic E-state index is 13.3. The number of nitrogens with zero attached hydrogens (tertiary/aromatic N) is 2. The van der Waals surface area contributed by atoms with Gasteiger partial charge in [0.25, 0.3) is 0 Å². The Morgan fingerprint density at radius 2 is 2.17 bits per heavy atom. The molecule has 0 bridgehead atoms. The van der Waals surface area contributed by atoms with Crippen LogP contribution in [-0.4, -0.2) is 14.5 Å². The molecule has 0 aliphatic rings. The number of benzene rings is 1. The van der Waals surface area contributed by atoms with Crippen molar-refractivity contribution >= 4 is 35.0 Å². The fourth-order valence-corrected chi connectivity index (χ4v) is 2.28. The van der Waals surface area contributed by atoms with E-state index < -0.39 is 0 Å². The van der Waals surface area contributed by atoms with Gasteiger partial charge in [-0.15, -0.1) is 0 Å². The van der Waals surface area contributed by atoms with Crippen molar-refractivity contribution in [3.05, 3.63) is 52.1 Å². The van der Waals surface area contributed by atoms with Crippen molar-refractivity contribution in [3.63, 3.8) is 0 Å². The smallest absolute Gasteiger partial charge is 0.184 e. The molecule has 3 aromatic rings. The molecule has 2 aromatic heterocycles. The molecule has 0 atom stereocenters. The number of hydrogen-bond donors (Lipinski definition) is 1. The number of hydrogen-bond acceptors (Lipinski definition) is 2. The van der Waals surface area contributed by atoms with E-state index in [1.807, 2.05) is 0 Å². The van der Waals surface area contributed by atoms with Gasteiger partial charge in [-0.25, -0.2) is 9.37 Å². The van der Waals surface area contributed by atoms with Crippen LogP contribution < -0.4 is 0 Å². The van der Waals surface area contributed by atoms with Crippen LogP contribution in [0.5, 0.6) is 0 Å². The molecule has 0 aliphatic heterocycles. The van der Waals surface area contributed by atoms with Crippen LogP contribution >= 0.6 is 23.8 Å². The Morgan fingerprint density at radius 1 is 1.33 bits per heavy atom. The van der Waals surface area contributed by atoms with Gasteiger partial charge in [-0.3, -0.25) is 4.57 Å². The number of rotatable bonds is 1. The number of imidazole rings is 1. The zero-order valence-electron chi connectivity index (χ0n) is 9.02. The van der Waals surface area contributed by atoms with Gasteiger partial charge in [0.2, 0.25) is 0 Å². The molecule has 0 spiro atoms. The summed E-state index contributed by atoms with van der Waals surface area (Å²) in [5, 5.41) is 0.519. The van der Waals surface area contributed by atoms with Crippen molar-refractivity contribution in [1.29, 1.82) is 0 Å². The quantitative estimate of drug-likeness (QED) is 0.686. The number of aromatic nitrogens is 3. The fourth-order valence-electron chi connectivity index (χ4n) is 1.82. The standard InChI is InChI=1S/C12H7ClFN3S/c13-7-4-10-11(15-6-7)17(12(18)16-10)9-3-1-2-8(14)5-9/h1-6H,(H,16,18). The van der Waals surface area contributed by atoms with Gasteiger partial charge >= 0.3 is 0 Å². The monoisotopic (exact) mass is 279 g/mol. The predicted octanol–water partition coefficient (Wildman–Crippen LogP) is 3.88. The summed E-state index contributed by atoms with van der Waals surface area (Å²) in [5.74, 6) is -0.322. The molecule has 6 heteroatoms. The lowest BCUT2D eigenvalue weighted by Crippen LogP contribution is -1.95. The van der Waals surface area contributed by atoms with Crippen LogP contribution in [0.2, 0.25) is 5.02 Å². The first-order valence-electron chi connectivity index (χ1n) is 5.17. The fraction of sp³-hybridized carbons (Fsp3) is 0. The van der Waals surface area contributed by atoms with Crippen molar-refractivity contribution in [2.24, 2.45) is 0 Å². The minimum atomic E-state index is -0.322. The topological polar surface area (TPSA) is 33.6 Å². The summed E-state index contributed by atoms with van der Waals surface area (Å²) in [7, 11) is 0. The molecule has 1 aromatic carbocycles. The van der Waals surface area contributed by atoms with E-state index in [0.29, 0.717) is 21.1 Å². The number of nitrogens with one attached hydrogen (secondary N) is 1. The maximum Gasteiger partial charge on any atom is 0.184 e. The molecular weight excluding hydrogens is 273 g/mol. The van der Waals surface area contributed by atoms with Gasteiger partial charge < -0.3 is 4.98 Å². The molecule has 90 valence electrons. The third-order valence-electron chi connectivity index (χ3n) is 2.56. The molecule has 0 aliphatic carbocycles. The van der Waals surface area contributed by atoms with E-state index in [2.05, 4.69) is 9.97 Å². The number of H-pyrrole nitrogens is 1. The molecule has 1 N–H and O–H groups in total. The van der Waals surface area contributed by atoms with E-state index in [9.17, 15) is 4.39 Å². The predicted molar refractivity (Wildman–Crippen MR) is 71.2 cm³/mol. The number of halogens is 2. The first kappa shape index (κ1) is 11.4. The van der Waals surface area contributed by atoms with Crippen LogP contribution in [0.1, 0.15) is 0 Å². The first-order chi connectivity index (χ1) is 8.65. The first-order valence-corrected chi connectivity index (χ1v) is 5.96. The molecule has 0 unspecified atom stereocenters. The summed E-state index contributed by atoms with van der Waals surface area (Å²) in [4.78, 5) is 7.21. The molecule has 0 saturated carbocycles. The van der Waals surface area contributed by atoms with Gasteiger partial charge in [-0.1, -0.05) is 17.7 Å². The highest BCUT2D eigenvalue weighted by Crippen LogP contribution is 2.20. The molecule has 2 heterocycles. The van der Waals surface area contributed by atoms with E-state index in [4.69, 9.17) is 23.8 Å². The summed E-state index contributed by atoms with van der Waals surface area (Å²) in [6.07, 6.45) is 1.53. The minimum Gasteiger partial charge on any atom is -0.329 e. The van der Waals surface area contributed by atoms with Gasteiger partial charge in [-0.2, -0.15) is 0 Å². The normalized spacial score (nSPS) is 11.0. The Morgan fingerprint density at radius 3 is 2.94 bits per heavy atom. The van der Waals surface area contributed by atoms with Crippen molar-refractivity contribution in [1.82, 2.24) is 14.5 Å². The molecule has 3 rings (SSSR count). The summed E-state index contributed by atoms with van der Waals surface area (Å²) in [5.41, 5.74) is 1.97. The summed E-state index contributed by atoms with van der Waals surface area (Å²) in [6.45, 7) is 0. The second-order valence-corrected chi connectivity index (χ2v) is 4.59. The van der Waals surface area contributed by atoms with Crippen LogP contribution in [0.15, 0.2) is 36.5 Å². The van der Waals surface area contributed by atoms with Gasteiger partial charge in [0.1, 0.15) is 5.82 Å². The van der Waals surface area contributed by atoms with Gasteiger partial charge in [0.05, 0.1) is 16.2 Å². The zero-order valence-corrected chi connectivity index (χ0v) is 10.6. The molecule has 0 amide bonds. The third-order valence-corrected chi connectivity index (χ3v) is 3.05. The lowest BCUT2D eigenvalue weighted by atomic mass is 10.3. The maximum atomic E-state index is 13.3. The van der Waals surface area contributed by atoms with Gasteiger partial charge in [0, 0.05) is 6.20 Å². The second kappa shape index (κ2) is 4.19. The van der Waals surface area contributed by atoms with Crippen molar-refractivity contribution in [2.75, 3.05) is 0 Å². The van der Waals surface area contributed by atoms with Crippen LogP contribution in [0.4, 0.5) is 4.39 Å². The summed E-state index contributed by atoms with van der Waals surface area (Å²) < 4.78 is 15.4. The van der Waals surface area contributed by atoms with E-state index in [1.165, 1.54) is 18.3 Å². The van der Waals surface area contributed by atoms with Gasteiger partial charge in [-0.05, 0) is 36.5 Å². The Kier molecular flexibility index (Phi) is 2.65. The second-order valence-electron chi connectivity index (χ2n) is 3.77. The van der Waals surface area contributed by atoms with Crippen molar-refractivity contribution < 1.29 is 4.39 Å². The van der Waals surface area contributed by atoms with E-state index in [-0.39, 0.29) is 5.82 Å². The van der Waals surface area contributed by atoms with E-state index in [0.717, 1.165) is 5.52 Å². The Balaban J connectivity index is 2.35. The highest BCUT2D eigenvalue weighted by atomic mass is 35.5. The Labute approximate surface area is 112 Å². The summed E-state index contributed by atoms with van der Waals surface area (Å²) >= 11 is 11.1. The number of fused-ring (bicyclic) bond motifs is 1. The highest BCUT2D eigenvalue weighted by molar-refractivity contribution is 7.71. The zero-order chi connectivity index (χ0) is 12.7. The summed E-state index contributed by atoms with van der Waals surface area (Å²) in [6, 6.07) is 7.91. The highest BCUT2D eigenvalue weighted by Gasteiger charge is 2.08. The molecule has 0 saturated heterocycles. The van der Waals surface area contributed by atoms with E-state index >= 15 is 0 Å². The molecular formula is C12H7ClFN3S. The third kappa shape index (κ3) is 1.81. The largest absolute Gasteiger partial charge is 0.329 e. The van der Waals surface area contributed by atoms with Crippen molar-refractivity contribution in [3.8, 4) is 5.69 Å². The Hall–Kier alpha value is -1.72. The molecule has 18 heavy (non-hydrogen) atoms. The molecule has 0 fully saturated rings. The SMILES string of the molecule is Fc1cccc(-n2c(=S)[nH]c3cc(Cl)cnc32)c1. The van der Waals surface area contributed by atoms with Crippen LogP contribution in [0.25, 0.3) is 16.9 Å².